The molecule has 0 aliphatic carbocycles. The second kappa shape index (κ2) is 7.79. The van der Waals surface area contributed by atoms with E-state index in [1.54, 1.807) is 24.3 Å². The van der Waals surface area contributed by atoms with Gasteiger partial charge < -0.3 is 14.8 Å². The first-order valence-electron chi connectivity index (χ1n) is 7.02. The summed E-state index contributed by atoms with van der Waals surface area (Å²) in [7, 11) is 1.38. The lowest BCUT2D eigenvalue weighted by atomic mass is 10.2. The third kappa shape index (κ3) is 4.23. The largest absolute Gasteiger partial charge is 0.497 e. The minimum atomic E-state index is -1.13. The van der Waals surface area contributed by atoms with Crippen LogP contribution in [0.15, 0.2) is 42.5 Å². The highest BCUT2D eigenvalue weighted by molar-refractivity contribution is 6.33. The fourth-order valence-corrected chi connectivity index (χ4v) is 2.05. The molecule has 1 N–H and O–H groups in total. The molecule has 0 spiro atoms. The molecular weight excluding hydrogens is 337 g/mol. The highest BCUT2D eigenvalue weighted by Crippen LogP contribution is 2.21. The molecule has 0 aliphatic rings. The van der Waals surface area contributed by atoms with Crippen LogP contribution >= 0.6 is 11.6 Å². The van der Waals surface area contributed by atoms with Crippen LogP contribution in [-0.4, -0.2) is 25.1 Å². The number of nitrogens with one attached hydrogen (secondary N) is 1. The van der Waals surface area contributed by atoms with Gasteiger partial charge in [0.05, 0.1) is 23.4 Å². The summed E-state index contributed by atoms with van der Waals surface area (Å²) in [4.78, 5) is 24.0. The number of carbonyl (C=O) groups excluding carboxylic acids is 2. The predicted molar refractivity (Wildman–Crippen MR) is 87.9 cm³/mol. The number of ether oxygens (including phenoxy) is 2. The lowest BCUT2D eigenvalue weighted by molar-refractivity contribution is -0.123. The molecule has 7 heteroatoms. The van der Waals surface area contributed by atoms with Gasteiger partial charge in [0, 0.05) is 6.07 Å². The Kier molecular flexibility index (Phi) is 5.76. The van der Waals surface area contributed by atoms with Crippen LogP contribution in [0.5, 0.6) is 5.75 Å². The van der Waals surface area contributed by atoms with Gasteiger partial charge in [-0.15, -0.1) is 0 Å². The van der Waals surface area contributed by atoms with Gasteiger partial charge in [0.1, 0.15) is 11.6 Å². The smallest absolute Gasteiger partial charge is 0.341 e. The van der Waals surface area contributed by atoms with Gasteiger partial charge in [-0.1, -0.05) is 23.7 Å². The Labute approximate surface area is 143 Å². The van der Waals surface area contributed by atoms with E-state index in [-0.39, 0.29) is 11.3 Å². The molecule has 0 aliphatic heterocycles. The summed E-state index contributed by atoms with van der Waals surface area (Å²) in [5.74, 6) is -2.05. The summed E-state index contributed by atoms with van der Waals surface area (Å²) in [6.07, 6.45) is -1.13. The molecule has 0 bridgehead atoms. The lowest BCUT2D eigenvalue weighted by Gasteiger charge is -2.14. The molecule has 126 valence electrons. The van der Waals surface area contributed by atoms with E-state index in [0.29, 0.717) is 10.7 Å². The van der Waals surface area contributed by atoms with Crippen LogP contribution in [0.2, 0.25) is 5.02 Å². The zero-order valence-corrected chi connectivity index (χ0v) is 13.8. The van der Waals surface area contributed by atoms with Gasteiger partial charge in [0.2, 0.25) is 0 Å². The first-order chi connectivity index (χ1) is 11.4. The fourth-order valence-electron chi connectivity index (χ4n) is 1.86. The van der Waals surface area contributed by atoms with Crippen molar-refractivity contribution in [1.82, 2.24) is 0 Å². The van der Waals surface area contributed by atoms with Crippen molar-refractivity contribution < 1.29 is 23.5 Å². The third-order valence-corrected chi connectivity index (χ3v) is 3.51. The Hall–Kier alpha value is -2.60. The summed E-state index contributed by atoms with van der Waals surface area (Å²) in [6, 6.07) is 10.4. The molecule has 0 saturated heterocycles. The molecule has 24 heavy (non-hydrogen) atoms. The highest BCUT2D eigenvalue weighted by atomic mass is 35.5. The van der Waals surface area contributed by atoms with Crippen LogP contribution in [0.3, 0.4) is 0 Å². The van der Waals surface area contributed by atoms with Gasteiger partial charge in [-0.05, 0) is 31.2 Å². The average Bonchev–Trinajstić information content (AvgIpc) is 2.56. The van der Waals surface area contributed by atoms with E-state index >= 15 is 0 Å². The Balaban J connectivity index is 2.03. The monoisotopic (exact) mass is 351 g/mol. The van der Waals surface area contributed by atoms with Crippen LogP contribution in [-0.2, 0) is 9.53 Å². The number of amides is 1. The van der Waals surface area contributed by atoms with Crippen molar-refractivity contribution in [2.24, 2.45) is 0 Å². The van der Waals surface area contributed by atoms with Gasteiger partial charge >= 0.3 is 5.97 Å². The second-order valence-corrected chi connectivity index (χ2v) is 5.27. The van der Waals surface area contributed by atoms with Gasteiger partial charge in [-0.3, -0.25) is 4.79 Å². The third-order valence-electron chi connectivity index (χ3n) is 3.18. The maximum absolute atomic E-state index is 13.8. The van der Waals surface area contributed by atoms with Crippen molar-refractivity contribution in [1.29, 1.82) is 0 Å². The first-order valence-corrected chi connectivity index (χ1v) is 7.40. The van der Waals surface area contributed by atoms with Crippen molar-refractivity contribution in [3.63, 3.8) is 0 Å². The zero-order chi connectivity index (χ0) is 17.7. The molecule has 2 aromatic rings. The van der Waals surface area contributed by atoms with Crippen LogP contribution in [0.1, 0.15) is 17.3 Å². The first kappa shape index (κ1) is 17.7. The van der Waals surface area contributed by atoms with E-state index in [2.05, 4.69) is 5.32 Å². The van der Waals surface area contributed by atoms with Gasteiger partial charge in [-0.25, -0.2) is 9.18 Å². The molecule has 0 unspecified atom stereocenters. The summed E-state index contributed by atoms with van der Waals surface area (Å²) in [5, 5.41) is 2.89. The summed E-state index contributed by atoms with van der Waals surface area (Å²) in [6.45, 7) is 1.38. The summed E-state index contributed by atoms with van der Waals surface area (Å²) >= 11 is 5.94. The number of halogens is 2. The molecule has 1 atom stereocenters. The number of hydrogen-bond donors (Lipinski definition) is 1. The number of benzene rings is 2. The molecule has 5 nitrogen and oxygen atoms in total. The number of carbonyl (C=O) groups is 2. The van der Waals surface area contributed by atoms with E-state index in [0.717, 1.165) is 6.07 Å². The van der Waals surface area contributed by atoms with Crippen molar-refractivity contribution >= 4 is 29.2 Å². The van der Waals surface area contributed by atoms with Crippen molar-refractivity contribution in [3.05, 3.63) is 58.9 Å². The number of methoxy groups -OCH3 is 1. The quantitative estimate of drug-likeness (QED) is 0.835. The van der Waals surface area contributed by atoms with E-state index in [1.807, 2.05) is 0 Å². The molecule has 0 fully saturated rings. The van der Waals surface area contributed by atoms with Crippen LogP contribution < -0.4 is 10.1 Å². The fraction of sp³-hybridized carbons (Fsp3) is 0.176. The Morgan fingerprint density at radius 3 is 2.54 bits per heavy atom. The Morgan fingerprint density at radius 2 is 1.92 bits per heavy atom. The zero-order valence-electron chi connectivity index (χ0n) is 13.0. The highest BCUT2D eigenvalue weighted by Gasteiger charge is 2.22. The molecule has 0 aromatic heterocycles. The predicted octanol–water partition coefficient (Wildman–Crippen LogP) is 3.67. The molecule has 0 radical (unpaired) electrons. The van der Waals surface area contributed by atoms with Crippen LogP contribution in [0, 0.1) is 5.82 Å². The van der Waals surface area contributed by atoms with Gasteiger partial charge in [0.15, 0.2) is 6.10 Å². The van der Waals surface area contributed by atoms with Gasteiger partial charge in [0.25, 0.3) is 5.91 Å². The topological polar surface area (TPSA) is 64.6 Å². The summed E-state index contributed by atoms with van der Waals surface area (Å²) in [5.41, 5.74) is 0.107. The molecule has 2 rings (SSSR count). The Morgan fingerprint density at radius 1 is 1.21 bits per heavy atom. The molecular formula is C17H15ClFNO4. The number of esters is 1. The van der Waals surface area contributed by atoms with Crippen molar-refractivity contribution in [3.8, 4) is 5.75 Å². The number of rotatable bonds is 5. The summed E-state index contributed by atoms with van der Waals surface area (Å²) < 4.78 is 23.7. The normalized spacial score (nSPS) is 11.5. The van der Waals surface area contributed by atoms with Crippen LogP contribution in [0.4, 0.5) is 10.1 Å². The van der Waals surface area contributed by atoms with E-state index in [4.69, 9.17) is 21.1 Å². The standard InChI is InChI=1S/C17H15ClFNO4/c1-10(16(21)20-15-6-4-3-5-13(15)18)24-17(22)12-8-7-11(23-2)9-14(12)19/h3-10H,1-2H3,(H,20,21)/t10-/m0/s1. The molecule has 1 amide bonds. The van der Waals surface area contributed by atoms with Crippen LogP contribution in [0.25, 0.3) is 0 Å². The number of anilines is 1. The molecule has 2 aromatic carbocycles. The van der Waals surface area contributed by atoms with E-state index in [1.165, 1.54) is 26.2 Å². The average molecular weight is 352 g/mol. The number of para-hydroxylation sites is 1. The van der Waals surface area contributed by atoms with Crippen molar-refractivity contribution in [2.45, 2.75) is 13.0 Å². The number of hydrogen-bond acceptors (Lipinski definition) is 4. The maximum atomic E-state index is 13.8. The molecule has 0 heterocycles. The van der Waals surface area contributed by atoms with E-state index in [9.17, 15) is 14.0 Å². The Bertz CT molecular complexity index is 766. The minimum absolute atomic E-state index is 0.272. The molecule has 0 saturated carbocycles. The second-order valence-electron chi connectivity index (χ2n) is 4.86. The minimum Gasteiger partial charge on any atom is -0.497 e. The van der Waals surface area contributed by atoms with Gasteiger partial charge in [-0.2, -0.15) is 0 Å². The van der Waals surface area contributed by atoms with Crippen molar-refractivity contribution in [2.75, 3.05) is 12.4 Å². The maximum Gasteiger partial charge on any atom is 0.341 e. The lowest BCUT2D eigenvalue weighted by Crippen LogP contribution is -2.30. The SMILES string of the molecule is COc1ccc(C(=O)O[C@@H](C)C(=O)Nc2ccccc2Cl)c(F)c1. The van der Waals surface area contributed by atoms with E-state index < -0.39 is 23.8 Å².